The van der Waals surface area contributed by atoms with E-state index in [2.05, 4.69) is 19.4 Å². The van der Waals surface area contributed by atoms with E-state index in [9.17, 15) is 26.3 Å². The van der Waals surface area contributed by atoms with Gasteiger partial charge in [0.15, 0.2) is 13.2 Å². The number of hydrogen-bond acceptors (Lipinski definition) is 4. The lowest BCUT2D eigenvalue weighted by Gasteiger charge is -2.11. The van der Waals surface area contributed by atoms with Crippen molar-refractivity contribution in [3.63, 3.8) is 0 Å². The standard InChI is InChI=1S/C9H8F6N2O2/c1-5-16-6(18-3-8(10,11)12)2-7(17-5)19-4-9(13,14)15/h2H,3-4H2,1H3. The van der Waals surface area contributed by atoms with Gasteiger partial charge in [-0.2, -0.15) is 36.3 Å². The molecule has 4 nitrogen and oxygen atoms in total. The Morgan fingerprint density at radius 3 is 1.58 bits per heavy atom. The maximum absolute atomic E-state index is 11.9. The molecule has 0 bridgehead atoms. The van der Waals surface area contributed by atoms with Crippen LogP contribution in [-0.4, -0.2) is 35.5 Å². The maximum atomic E-state index is 11.9. The van der Waals surface area contributed by atoms with Crippen LogP contribution >= 0.6 is 0 Å². The van der Waals surface area contributed by atoms with Crippen molar-refractivity contribution in [3.05, 3.63) is 11.9 Å². The fourth-order valence-electron chi connectivity index (χ4n) is 0.974. The average molecular weight is 290 g/mol. The topological polar surface area (TPSA) is 44.2 Å². The van der Waals surface area contributed by atoms with Crippen molar-refractivity contribution in [1.29, 1.82) is 0 Å². The lowest BCUT2D eigenvalue weighted by atomic mass is 10.5. The van der Waals surface area contributed by atoms with Crippen LogP contribution in [0.25, 0.3) is 0 Å². The molecule has 1 rings (SSSR count). The van der Waals surface area contributed by atoms with Gasteiger partial charge in [0, 0.05) is 0 Å². The third-order valence-electron chi connectivity index (χ3n) is 1.56. The molecular formula is C9H8F6N2O2. The second-order valence-electron chi connectivity index (χ2n) is 3.40. The van der Waals surface area contributed by atoms with Gasteiger partial charge in [0.25, 0.3) is 0 Å². The summed E-state index contributed by atoms with van der Waals surface area (Å²) in [5.74, 6) is -1.10. The Labute approximate surface area is 103 Å². The van der Waals surface area contributed by atoms with Crippen LogP contribution in [0.4, 0.5) is 26.3 Å². The van der Waals surface area contributed by atoms with Crippen molar-refractivity contribution in [2.75, 3.05) is 13.2 Å². The van der Waals surface area contributed by atoms with Crippen LogP contribution in [0.15, 0.2) is 6.07 Å². The monoisotopic (exact) mass is 290 g/mol. The molecule has 0 N–H and O–H groups in total. The summed E-state index contributed by atoms with van der Waals surface area (Å²) in [4.78, 5) is 6.97. The number of nitrogens with zero attached hydrogens (tertiary/aromatic N) is 2. The zero-order chi connectivity index (χ0) is 14.7. The summed E-state index contributed by atoms with van der Waals surface area (Å²) in [7, 11) is 0. The Morgan fingerprint density at radius 1 is 0.895 bits per heavy atom. The number of alkyl halides is 6. The molecule has 0 spiro atoms. The summed E-state index contributed by atoms with van der Waals surface area (Å²) in [6, 6.07) is 0.754. The lowest BCUT2D eigenvalue weighted by Crippen LogP contribution is -2.21. The molecule has 108 valence electrons. The Bertz CT molecular complexity index is 395. The summed E-state index contributed by atoms with van der Waals surface area (Å²) in [5, 5.41) is 0. The summed E-state index contributed by atoms with van der Waals surface area (Å²) >= 11 is 0. The molecule has 0 aromatic carbocycles. The first-order valence-electron chi connectivity index (χ1n) is 4.80. The van der Waals surface area contributed by atoms with Gasteiger partial charge in [-0.3, -0.25) is 0 Å². The molecule has 0 saturated carbocycles. The van der Waals surface area contributed by atoms with E-state index < -0.39 is 37.3 Å². The number of rotatable bonds is 4. The van der Waals surface area contributed by atoms with Gasteiger partial charge < -0.3 is 9.47 Å². The van der Waals surface area contributed by atoms with Crippen LogP contribution in [0.2, 0.25) is 0 Å². The highest BCUT2D eigenvalue weighted by molar-refractivity contribution is 5.20. The van der Waals surface area contributed by atoms with Crippen molar-refractivity contribution in [2.24, 2.45) is 0 Å². The number of halogens is 6. The minimum absolute atomic E-state index is 0.0724. The molecule has 0 aliphatic carbocycles. The fourth-order valence-corrected chi connectivity index (χ4v) is 0.974. The molecule has 0 unspecified atom stereocenters. The van der Waals surface area contributed by atoms with Crippen LogP contribution < -0.4 is 9.47 Å². The van der Waals surface area contributed by atoms with Crippen molar-refractivity contribution in [3.8, 4) is 11.8 Å². The first-order valence-corrected chi connectivity index (χ1v) is 4.80. The van der Waals surface area contributed by atoms with Gasteiger partial charge in [-0.05, 0) is 6.92 Å². The Morgan fingerprint density at radius 2 is 1.26 bits per heavy atom. The maximum Gasteiger partial charge on any atom is 0.422 e. The summed E-state index contributed by atoms with van der Waals surface area (Å²) in [5.41, 5.74) is 0. The molecule has 0 fully saturated rings. The Hall–Kier alpha value is -1.74. The van der Waals surface area contributed by atoms with Crippen LogP contribution in [0.5, 0.6) is 11.8 Å². The van der Waals surface area contributed by atoms with E-state index in [1.807, 2.05) is 0 Å². The summed E-state index contributed by atoms with van der Waals surface area (Å²) in [6.07, 6.45) is -9.16. The van der Waals surface area contributed by atoms with E-state index in [4.69, 9.17) is 0 Å². The second kappa shape index (κ2) is 5.49. The number of aryl methyl sites for hydroxylation is 1. The lowest BCUT2D eigenvalue weighted by molar-refractivity contribution is -0.154. The van der Waals surface area contributed by atoms with Gasteiger partial charge in [0.2, 0.25) is 11.8 Å². The van der Waals surface area contributed by atoms with Crippen molar-refractivity contribution in [2.45, 2.75) is 19.3 Å². The number of ether oxygens (including phenoxy) is 2. The minimum atomic E-state index is -4.58. The third kappa shape index (κ3) is 6.67. The quantitative estimate of drug-likeness (QED) is 0.800. The minimum Gasteiger partial charge on any atom is -0.468 e. The largest absolute Gasteiger partial charge is 0.468 e. The van der Waals surface area contributed by atoms with E-state index in [1.165, 1.54) is 6.92 Å². The zero-order valence-electron chi connectivity index (χ0n) is 9.47. The van der Waals surface area contributed by atoms with Gasteiger partial charge in [-0.25, -0.2) is 0 Å². The van der Waals surface area contributed by atoms with E-state index in [0.29, 0.717) is 0 Å². The smallest absolute Gasteiger partial charge is 0.422 e. The second-order valence-corrected chi connectivity index (χ2v) is 3.40. The Balaban J connectivity index is 2.71. The molecule has 1 heterocycles. The molecule has 0 aliphatic rings. The fraction of sp³-hybridized carbons (Fsp3) is 0.556. The normalized spacial score (nSPS) is 12.4. The van der Waals surface area contributed by atoms with Crippen LogP contribution in [-0.2, 0) is 0 Å². The van der Waals surface area contributed by atoms with Crippen molar-refractivity contribution in [1.82, 2.24) is 9.97 Å². The highest BCUT2D eigenvalue weighted by Gasteiger charge is 2.30. The van der Waals surface area contributed by atoms with Crippen LogP contribution in [0.3, 0.4) is 0 Å². The van der Waals surface area contributed by atoms with E-state index in [1.54, 1.807) is 0 Å². The highest BCUT2D eigenvalue weighted by atomic mass is 19.4. The predicted octanol–water partition coefficient (Wildman–Crippen LogP) is 2.67. The molecule has 10 heteroatoms. The molecule has 0 radical (unpaired) electrons. The molecular weight excluding hydrogens is 282 g/mol. The molecule has 0 atom stereocenters. The van der Waals surface area contributed by atoms with Crippen LogP contribution in [0.1, 0.15) is 5.82 Å². The van der Waals surface area contributed by atoms with E-state index >= 15 is 0 Å². The van der Waals surface area contributed by atoms with Crippen molar-refractivity contribution < 1.29 is 35.8 Å². The van der Waals surface area contributed by atoms with Gasteiger partial charge in [0.05, 0.1) is 6.07 Å². The molecule has 19 heavy (non-hydrogen) atoms. The van der Waals surface area contributed by atoms with Gasteiger partial charge in [-0.15, -0.1) is 0 Å². The highest BCUT2D eigenvalue weighted by Crippen LogP contribution is 2.22. The first-order chi connectivity index (χ1) is 8.55. The summed E-state index contributed by atoms with van der Waals surface area (Å²) < 4.78 is 80.0. The zero-order valence-corrected chi connectivity index (χ0v) is 9.47. The van der Waals surface area contributed by atoms with E-state index in [-0.39, 0.29) is 5.82 Å². The van der Waals surface area contributed by atoms with Crippen LogP contribution in [0, 0.1) is 6.92 Å². The molecule has 0 saturated heterocycles. The molecule has 1 aromatic rings. The van der Waals surface area contributed by atoms with Gasteiger partial charge in [0.1, 0.15) is 5.82 Å². The predicted molar refractivity (Wildman–Crippen MR) is 49.9 cm³/mol. The molecule has 0 amide bonds. The third-order valence-corrected chi connectivity index (χ3v) is 1.56. The summed E-state index contributed by atoms with van der Waals surface area (Å²) in [6.45, 7) is -1.94. The van der Waals surface area contributed by atoms with E-state index in [0.717, 1.165) is 6.07 Å². The first kappa shape index (κ1) is 15.3. The SMILES string of the molecule is Cc1nc(OCC(F)(F)F)cc(OCC(F)(F)F)n1. The number of aromatic nitrogens is 2. The average Bonchev–Trinajstić information content (AvgIpc) is 2.21. The number of hydrogen-bond donors (Lipinski definition) is 0. The Kier molecular flexibility index (Phi) is 4.43. The molecule has 1 aromatic heterocycles. The van der Waals surface area contributed by atoms with Gasteiger partial charge in [-0.1, -0.05) is 0 Å². The van der Waals surface area contributed by atoms with Crippen molar-refractivity contribution >= 4 is 0 Å². The van der Waals surface area contributed by atoms with Gasteiger partial charge >= 0.3 is 12.4 Å². The molecule has 0 aliphatic heterocycles.